The lowest BCUT2D eigenvalue weighted by molar-refractivity contribution is -0.126. The van der Waals surface area contributed by atoms with Crippen LogP contribution in [0.4, 0.5) is 0 Å². The first-order chi connectivity index (χ1) is 11.1. The quantitative estimate of drug-likeness (QED) is 0.905. The minimum atomic E-state index is -1.07. The van der Waals surface area contributed by atoms with Gasteiger partial charge in [-0.05, 0) is 30.2 Å². The molecule has 0 aromatic heterocycles. The second-order valence-corrected chi connectivity index (χ2v) is 5.73. The summed E-state index contributed by atoms with van der Waals surface area (Å²) in [5.74, 6) is 1.22. The maximum Gasteiger partial charge on any atom is 0.244 e. The van der Waals surface area contributed by atoms with Gasteiger partial charge in [-0.2, -0.15) is 0 Å². The Morgan fingerprint density at radius 3 is 2.57 bits per heavy atom. The fourth-order valence-electron chi connectivity index (χ4n) is 2.48. The molecule has 0 saturated heterocycles. The van der Waals surface area contributed by atoms with Gasteiger partial charge in [0.15, 0.2) is 11.5 Å². The smallest absolute Gasteiger partial charge is 0.244 e. The molecule has 23 heavy (non-hydrogen) atoms. The van der Waals surface area contributed by atoms with Crippen molar-refractivity contribution in [2.45, 2.75) is 19.0 Å². The predicted octanol–water partition coefficient (Wildman–Crippen LogP) is 1.95. The van der Waals surface area contributed by atoms with Gasteiger partial charge in [0.25, 0.3) is 0 Å². The van der Waals surface area contributed by atoms with Crippen molar-refractivity contribution in [1.82, 2.24) is 5.32 Å². The van der Waals surface area contributed by atoms with E-state index in [-0.39, 0.29) is 5.91 Å². The first-order valence-corrected chi connectivity index (χ1v) is 7.58. The average molecular weight is 312 g/mol. The lowest BCUT2D eigenvalue weighted by atomic mass is 9.92. The normalized spacial score (nSPS) is 15.6. The van der Waals surface area contributed by atoms with E-state index in [1.807, 2.05) is 48.5 Å². The molecule has 1 unspecified atom stereocenters. The standard InChI is InChI=1S/C18H20N2O3/c1-18(19,14-5-3-2-4-6-14)17(21)20-12-13-7-8-15-16(11-13)23-10-9-22-15/h2-8,11H,9-10,12,19H2,1H3,(H,20,21). The third kappa shape index (κ3) is 3.29. The van der Waals surface area contributed by atoms with E-state index in [1.165, 1.54) is 0 Å². The number of amides is 1. The van der Waals surface area contributed by atoms with Crippen molar-refractivity contribution in [3.8, 4) is 11.5 Å². The number of fused-ring (bicyclic) bond motifs is 1. The second-order valence-electron chi connectivity index (χ2n) is 5.73. The third-order valence-corrected chi connectivity index (χ3v) is 3.90. The van der Waals surface area contributed by atoms with E-state index in [0.29, 0.717) is 25.5 Å². The van der Waals surface area contributed by atoms with Gasteiger partial charge in [-0.3, -0.25) is 4.79 Å². The van der Waals surface area contributed by atoms with Crippen molar-refractivity contribution in [2.75, 3.05) is 13.2 Å². The van der Waals surface area contributed by atoms with Gasteiger partial charge in [-0.1, -0.05) is 36.4 Å². The van der Waals surface area contributed by atoms with Crippen LogP contribution >= 0.6 is 0 Å². The van der Waals surface area contributed by atoms with Gasteiger partial charge < -0.3 is 20.5 Å². The van der Waals surface area contributed by atoms with Gasteiger partial charge in [-0.25, -0.2) is 0 Å². The molecule has 0 fully saturated rings. The average Bonchev–Trinajstić information content (AvgIpc) is 2.60. The zero-order valence-electron chi connectivity index (χ0n) is 13.0. The lowest BCUT2D eigenvalue weighted by Gasteiger charge is -2.24. The van der Waals surface area contributed by atoms with E-state index < -0.39 is 5.54 Å². The zero-order chi connectivity index (χ0) is 16.3. The van der Waals surface area contributed by atoms with Crippen LogP contribution in [0.3, 0.4) is 0 Å². The molecular weight excluding hydrogens is 292 g/mol. The number of ether oxygens (including phenoxy) is 2. The van der Waals surface area contributed by atoms with Crippen molar-refractivity contribution < 1.29 is 14.3 Å². The number of nitrogens with two attached hydrogens (primary N) is 1. The molecule has 3 N–H and O–H groups in total. The van der Waals surface area contributed by atoms with Gasteiger partial charge in [0, 0.05) is 6.54 Å². The molecule has 0 radical (unpaired) electrons. The summed E-state index contributed by atoms with van der Waals surface area (Å²) >= 11 is 0. The summed E-state index contributed by atoms with van der Waals surface area (Å²) in [6.45, 7) is 3.19. The van der Waals surface area contributed by atoms with E-state index in [2.05, 4.69) is 5.32 Å². The van der Waals surface area contributed by atoms with E-state index >= 15 is 0 Å². The van der Waals surface area contributed by atoms with Gasteiger partial charge in [-0.15, -0.1) is 0 Å². The van der Waals surface area contributed by atoms with Gasteiger partial charge in [0.2, 0.25) is 5.91 Å². The minimum absolute atomic E-state index is 0.224. The third-order valence-electron chi connectivity index (χ3n) is 3.90. The molecule has 120 valence electrons. The van der Waals surface area contributed by atoms with Gasteiger partial charge in [0.05, 0.1) is 0 Å². The first kappa shape index (κ1) is 15.4. The molecule has 0 bridgehead atoms. The van der Waals surface area contributed by atoms with Crippen LogP contribution in [0.2, 0.25) is 0 Å². The van der Waals surface area contributed by atoms with Gasteiger partial charge in [0.1, 0.15) is 18.8 Å². The fourth-order valence-corrected chi connectivity index (χ4v) is 2.48. The Hall–Kier alpha value is -2.53. The van der Waals surface area contributed by atoms with Crippen molar-refractivity contribution >= 4 is 5.91 Å². The Balaban J connectivity index is 1.67. The molecule has 1 heterocycles. The molecule has 2 aromatic carbocycles. The topological polar surface area (TPSA) is 73.6 Å². The van der Waals surface area contributed by atoms with E-state index in [9.17, 15) is 4.79 Å². The van der Waals surface area contributed by atoms with Gasteiger partial charge >= 0.3 is 0 Å². The van der Waals surface area contributed by atoms with Crippen molar-refractivity contribution in [1.29, 1.82) is 0 Å². The maximum atomic E-state index is 12.4. The lowest BCUT2D eigenvalue weighted by Crippen LogP contribution is -2.48. The highest BCUT2D eigenvalue weighted by molar-refractivity contribution is 5.86. The summed E-state index contributed by atoms with van der Waals surface area (Å²) in [6.07, 6.45) is 0. The van der Waals surface area contributed by atoms with Crippen LogP contribution in [0.1, 0.15) is 18.1 Å². The molecule has 0 aliphatic carbocycles. The number of benzene rings is 2. The molecule has 5 heteroatoms. The summed E-state index contributed by atoms with van der Waals surface area (Å²) in [5, 5.41) is 2.88. The molecule has 3 rings (SSSR count). The van der Waals surface area contributed by atoms with Crippen LogP contribution in [-0.4, -0.2) is 19.1 Å². The SMILES string of the molecule is CC(N)(C(=O)NCc1ccc2c(c1)OCCO2)c1ccccc1. The van der Waals surface area contributed by atoms with E-state index in [4.69, 9.17) is 15.2 Å². The molecule has 1 atom stereocenters. The Morgan fingerprint density at radius 2 is 1.83 bits per heavy atom. The molecule has 2 aromatic rings. The highest BCUT2D eigenvalue weighted by Gasteiger charge is 2.30. The molecule has 1 amide bonds. The number of nitrogens with one attached hydrogen (secondary N) is 1. The van der Waals surface area contributed by atoms with Crippen LogP contribution in [0, 0.1) is 0 Å². The number of carbonyl (C=O) groups excluding carboxylic acids is 1. The number of hydrogen-bond acceptors (Lipinski definition) is 4. The molecular formula is C18H20N2O3. The van der Waals surface area contributed by atoms with Crippen molar-refractivity contribution in [3.63, 3.8) is 0 Å². The summed E-state index contributed by atoms with van der Waals surface area (Å²) in [6, 6.07) is 15.0. The predicted molar refractivity (Wildman–Crippen MR) is 87.3 cm³/mol. The van der Waals surface area contributed by atoms with Crippen LogP contribution in [0.15, 0.2) is 48.5 Å². The van der Waals surface area contributed by atoms with Crippen LogP contribution in [0.5, 0.6) is 11.5 Å². The monoisotopic (exact) mass is 312 g/mol. The van der Waals surface area contributed by atoms with E-state index in [1.54, 1.807) is 6.92 Å². The maximum absolute atomic E-state index is 12.4. The van der Waals surface area contributed by atoms with Crippen molar-refractivity contribution in [3.05, 3.63) is 59.7 Å². The van der Waals surface area contributed by atoms with Crippen LogP contribution in [0.25, 0.3) is 0 Å². The highest BCUT2D eigenvalue weighted by Crippen LogP contribution is 2.30. The fraction of sp³-hybridized carbons (Fsp3) is 0.278. The summed E-state index contributed by atoms with van der Waals surface area (Å²) in [4.78, 5) is 12.4. The summed E-state index contributed by atoms with van der Waals surface area (Å²) < 4.78 is 11.0. The largest absolute Gasteiger partial charge is 0.486 e. The molecule has 0 saturated carbocycles. The molecule has 0 spiro atoms. The molecule has 5 nitrogen and oxygen atoms in total. The second kappa shape index (κ2) is 6.30. The number of hydrogen-bond donors (Lipinski definition) is 2. The zero-order valence-corrected chi connectivity index (χ0v) is 13.0. The summed E-state index contributed by atoms with van der Waals surface area (Å²) in [7, 11) is 0. The molecule has 1 aliphatic heterocycles. The van der Waals surface area contributed by atoms with Crippen LogP contribution < -0.4 is 20.5 Å². The van der Waals surface area contributed by atoms with Crippen LogP contribution in [-0.2, 0) is 16.9 Å². The number of carbonyl (C=O) groups is 1. The Morgan fingerprint density at radius 1 is 1.13 bits per heavy atom. The minimum Gasteiger partial charge on any atom is -0.486 e. The Kier molecular flexibility index (Phi) is 4.21. The molecule has 1 aliphatic rings. The summed E-state index contributed by atoms with van der Waals surface area (Å²) in [5.41, 5.74) is 6.84. The Bertz CT molecular complexity index is 699. The Labute approximate surface area is 135 Å². The number of rotatable bonds is 4. The van der Waals surface area contributed by atoms with Crippen molar-refractivity contribution in [2.24, 2.45) is 5.73 Å². The first-order valence-electron chi connectivity index (χ1n) is 7.58. The highest BCUT2D eigenvalue weighted by atomic mass is 16.6. The van der Waals surface area contributed by atoms with E-state index in [0.717, 1.165) is 16.9 Å².